The fraction of sp³-hybridized carbons (Fsp3) is 0.0500. The lowest BCUT2D eigenvalue weighted by molar-refractivity contribution is 1.07. The van der Waals surface area contributed by atoms with Crippen LogP contribution in [-0.2, 0) is 0 Å². The molecular formula is C20H16N4. The summed E-state index contributed by atoms with van der Waals surface area (Å²) in [5.74, 6) is 1.63. The molecule has 0 bridgehead atoms. The van der Waals surface area contributed by atoms with Gasteiger partial charge in [0.05, 0.1) is 0 Å². The predicted molar refractivity (Wildman–Crippen MR) is 94.8 cm³/mol. The van der Waals surface area contributed by atoms with E-state index in [2.05, 4.69) is 63.1 Å². The Balaban J connectivity index is 1.95. The highest BCUT2D eigenvalue weighted by Crippen LogP contribution is 2.28. The van der Waals surface area contributed by atoms with Crippen LogP contribution in [-0.4, -0.2) is 19.7 Å². The smallest absolute Gasteiger partial charge is 0.168 e. The summed E-state index contributed by atoms with van der Waals surface area (Å²) in [6.45, 7) is 2.08. The van der Waals surface area contributed by atoms with Crippen molar-refractivity contribution in [1.29, 1.82) is 0 Å². The van der Waals surface area contributed by atoms with Crippen LogP contribution in [0.5, 0.6) is 0 Å². The number of hydrogen-bond acceptors (Lipinski definition) is 3. The van der Waals surface area contributed by atoms with Gasteiger partial charge in [-0.2, -0.15) is 0 Å². The van der Waals surface area contributed by atoms with Gasteiger partial charge in [0, 0.05) is 29.2 Å². The number of benzene rings is 2. The average Bonchev–Trinajstić information content (AvgIpc) is 3.09. The largest absolute Gasteiger partial charge is 0.275 e. The highest BCUT2D eigenvalue weighted by molar-refractivity contribution is 5.66. The maximum Gasteiger partial charge on any atom is 0.168 e. The Bertz CT molecular complexity index is 942. The van der Waals surface area contributed by atoms with Gasteiger partial charge < -0.3 is 0 Å². The Kier molecular flexibility index (Phi) is 3.63. The van der Waals surface area contributed by atoms with Crippen molar-refractivity contribution >= 4 is 0 Å². The van der Waals surface area contributed by atoms with E-state index in [9.17, 15) is 0 Å². The Morgan fingerprint density at radius 2 is 1.25 bits per heavy atom. The monoisotopic (exact) mass is 312 g/mol. The summed E-state index contributed by atoms with van der Waals surface area (Å²) in [5, 5.41) is 8.91. The van der Waals surface area contributed by atoms with Gasteiger partial charge in [-0.05, 0) is 31.2 Å². The molecule has 0 aliphatic heterocycles. The summed E-state index contributed by atoms with van der Waals surface area (Å²) >= 11 is 0. The van der Waals surface area contributed by atoms with Gasteiger partial charge in [-0.3, -0.25) is 9.55 Å². The molecule has 24 heavy (non-hydrogen) atoms. The highest BCUT2D eigenvalue weighted by Gasteiger charge is 2.16. The summed E-state index contributed by atoms with van der Waals surface area (Å²) in [5.41, 5.74) is 4.28. The number of hydrogen-bond donors (Lipinski definition) is 0. The number of pyridine rings is 1. The van der Waals surface area contributed by atoms with Crippen molar-refractivity contribution < 1.29 is 0 Å². The van der Waals surface area contributed by atoms with Crippen molar-refractivity contribution in [1.82, 2.24) is 19.7 Å². The van der Waals surface area contributed by atoms with Crippen LogP contribution in [0.1, 0.15) is 5.56 Å². The average molecular weight is 312 g/mol. The highest BCUT2D eigenvalue weighted by atomic mass is 15.3. The number of rotatable bonds is 3. The quantitative estimate of drug-likeness (QED) is 0.566. The van der Waals surface area contributed by atoms with Crippen LogP contribution in [0.2, 0.25) is 0 Å². The number of para-hydroxylation sites is 1. The summed E-state index contributed by atoms with van der Waals surface area (Å²) in [6, 6.07) is 22.4. The standard InChI is InChI=1S/C20H16N4/c1-15-7-9-16(10-8-15)19-22-23-20(17-11-13-21-14-12-17)24(19)18-5-3-2-4-6-18/h2-14H,1H3. The summed E-state index contributed by atoms with van der Waals surface area (Å²) in [7, 11) is 0. The molecule has 4 aromatic rings. The maximum absolute atomic E-state index is 4.46. The zero-order valence-corrected chi connectivity index (χ0v) is 13.3. The van der Waals surface area contributed by atoms with Crippen LogP contribution in [0, 0.1) is 6.92 Å². The lowest BCUT2D eigenvalue weighted by Gasteiger charge is -2.10. The summed E-state index contributed by atoms with van der Waals surface area (Å²) < 4.78 is 2.08. The molecule has 2 heterocycles. The second kappa shape index (κ2) is 6.08. The molecule has 4 rings (SSSR count). The van der Waals surface area contributed by atoms with Gasteiger partial charge in [-0.15, -0.1) is 10.2 Å². The first-order chi connectivity index (χ1) is 11.8. The van der Waals surface area contributed by atoms with Crippen molar-refractivity contribution in [2.45, 2.75) is 6.92 Å². The summed E-state index contributed by atoms with van der Waals surface area (Å²) in [6.07, 6.45) is 3.54. The van der Waals surface area contributed by atoms with E-state index in [0.29, 0.717) is 0 Å². The Hall–Kier alpha value is -3.27. The van der Waals surface area contributed by atoms with Crippen molar-refractivity contribution in [3.63, 3.8) is 0 Å². The lowest BCUT2D eigenvalue weighted by atomic mass is 10.1. The van der Waals surface area contributed by atoms with Gasteiger partial charge in [-0.25, -0.2) is 0 Å². The van der Waals surface area contributed by atoms with Gasteiger partial charge in [-0.1, -0.05) is 48.0 Å². The first-order valence-electron chi connectivity index (χ1n) is 7.81. The van der Waals surface area contributed by atoms with Crippen LogP contribution >= 0.6 is 0 Å². The molecule has 0 unspecified atom stereocenters. The van der Waals surface area contributed by atoms with Crippen LogP contribution in [0.4, 0.5) is 0 Å². The van der Waals surface area contributed by atoms with E-state index in [0.717, 1.165) is 28.5 Å². The SMILES string of the molecule is Cc1ccc(-c2nnc(-c3ccncc3)n2-c2ccccc2)cc1. The molecule has 0 spiro atoms. The molecule has 4 heteroatoms. The van der Waals surface area contributed by atoms with E-state index in [4.69, 9.17) is 0 Å². The molecule has 0 saturated heterocycles. The molecule has 2 aromatic heterocycles. The van der Waals surface area contributed by atoms with E-state index in [1.807, 2.05) is 30.3 Å². The minimum absolute atomic E-state index is 0.805. The third kappa shape index (κ3) is 2.58. The van der Waals surface area contributed by atoms with Gasteiger partial charge in [0.25, 0.3) is 0 Å². The van der Waals surface area contributed by atoms with Crippen molar-refractivity contribution in [2.24, 2.45) is 0 Å². The fourth-order valence-corrected chi connectivity index (χ4v) is 2.68. The van der Waals surface area contributed by atoms with Crippen LogP contribution < -0.4 is 0 Å². The van der Waals surface area contributed by atoms with Gasteiger partial charge in [0.1, 0.15) is 0 Å². The third-order valence-electron chi connectivity index (χ3n) is 3.93. The van der Waals surface area contributed by atoms with Crippen LogP contribution in [0.3, 0.4) is 0 Å². The topological polar surface area (TPSA) is 43.6 Å². The number of nitrogens with zero attached hydrogens (tertiary/aromatic N) is 4. The maximum atomic E-state index is 4.46. The fourth-order valence-electron chi connectivity index (χ4n) is 2.68. The van der Waals surface area contributed by atoms with Crippen LogP contribution in [0.15, 0.2) is 79.1 Å². The van der Waals surface area contributed by atoms with E-state index >= 15 is 0 Å². The van der Waals surface area contributed by atoms with Gasteiger partial charge >= 0.3 is 0 Å². The zero-order valence-electron chi connectivity index (χ0n) is 13.3. The van der Waals surface area contributed by atoms with E-state index in [1.54, 1.807) is 12.4 Å². The second-order valence-electron chi connectivity index (χ2n) is 5.62. The minimum atomic E-state index is 0.805. The van der Waals surface area contributed by atoms with Crippen LogP contribution in [0.25, 0.3) is 28.5 Å². The molecule has 2 aromatic carbocycles. The molecule has 4 nitrogen and oxygen atoms in total. The number of aryl methyl sites for hydroxylation is 1. The van der Waals surface area contributed by atoms with Gasteiger partial charge in [0.15, 0.2) is 11.6 Å². The lowest BCUT2D eigenvalue weighted by Crippen LogP contribution is -2.00. The predicted octanol–water partition coefficient (Wildman–Crippen LogP) is 4.30. The van der Waals surface area contributed by atoms with Crippen molar-refractivity contribution in [2.75, 3.05) is 0 Å². The molecule has 0 aliphatic carbocycles. The van der Waals surface area contributed by atoms with E-state index in [-0.39, 0.29) is 0 Å². The minimum Gasteiger partial charge on any atom is -0.275 e. The second-order valence-corrected chi connectivity index (χ2v) is 5.62. The van der Waals surface area contributed by atoms with Crippen molar-refractivity contribution in [3.8, 4) is 28.5 Å². The number of aromatic nitrogens is 4. The van der Waals surface area contributed by atoms with E-state index < -0.39 is 0 Å². The molecule has 0 fully saturated rings. The molecule has 0 atom stereocenters. The third-order valence-corrected chi connectivity index (χ3v) is 3.93. The molecule has 0 saturated carbocycles. The first kappa shape index (κ1) is 14.3. The molecule has 0 N–H and O–H groups in total. The Labute approximate surface area is 140 Å². The Morgan fingerprint density at radius 1 is 0.667 bits per heavy atom. The molecule has 0 amide bonds. The van der Waals surface area contributed by atoms with E-state index in [1.165, 1.54) is 5.56 Å². The summed E-state index contributed by atoms with van der Waals surface area (Å²) in [4.78, 5) is 4.09. The molecule has 116 valence electrons. The molecule has 0 radical (unpaired) electrons. The molecule has 0 aliphatic rings. The Morgan fingerprint density at radius 3 is 1.88 bits per heavy atom. The first-order valence-corrected chi connectivity index (χ1v) is 7.81. The normalized spacial score (nSPS) is 10.7. The van der Waals surface area contributed by atoms with Gasteiger partial charge in [0.2, 0.25) is 0 Å². The zero-order chi connectivity index (χ0) is 16.4. The molecular weight excluding hydrogens is 296 g/mol. The van der Waals surface area contributed by atoms with Crippen molar-refractivity contribution in [3.05, 3.63) is 84.7 Å².